The fraction of sp³-hybridized carbons (Fsp3) is 0.765. The molecule has 1 aromatic rings. The molecule has 1 N–H and O–H groups in total. The molecule has 1 aliphatic rings. The Hall–Kier alpha value is -0.960. The van der Waals surface area contributed by atoms with Crippen molar-refractivity contribution in [3.05, 3.63) is 22.8 Å². The standard InChI is InChI=1S/C17H29N3/c1-11-7-8-14(9-11)16-19-12(2)15(13(3)20-16)10-18-17(4,5)6/h11,14,18H,7-10H2,1-6H3. The quantitative estimate of drug-likeness (QED) is 0.909. The van der Waals surface area contributed by atoms with Gasteiger partial charge in [0.1, 0.15) is 5.82 Å². The molecule has 0 aliphatic heterocycles. The molecule has 1 saturated carbocycles. The SMILES string of the molecule is Cc1nc(C2CCC(C)C2)nc(C)c1CNC(C)(C)C. The molecule has 0 radical (unpaired) electrons. The average Bonchev–Trinajstić information content (AvgIpc) is 2.73. The lowest BCUT2D eigenvalue weighted by Gasteiger charge is -2.22. The van der Waals surface area contributed by atoms with E-state index < -0.39 is 0 Å². The molecule has 2 atom stereocenters. The summed E-state index contributed by atoms with van der Waals surface area (Å²) in [6, 6.07) is 0. The molecule has 2 unspecified atom stereocenters. The predicted molar refractivity (Wildman–Crippen MR) is 83.9 cm³/mol. The second-order valence-corrected chi connectivity index (χ2v) is 7.45. The Bertz CT molecular complexity index is 451. The highest BCUT2D eigenvalue weighted by molar-refractivity contribution is 5.25. The Kier molecular flexibility index (Phi) is 4.48. The van der Waals surface area contributed by atoms with Gasteiger partial charge in [-0.15, -0.1) is 0 Å². The molecule has 1 heterocycles. The lowest BCUT2D eigenvalue weighted by molar-refractivity contribution is 0.422. The third-order valence-electron chi connectivity index (χ3n) is 4.29. The Morgan fingerprint density at radius 3 is 2.15 bits per heavy atom. The van der Waals surface area contributed by atoms with Crippen LogP contribution in [0.3, 0.4) is 0 Å². The van der Waals surface area contributed by atoms with E-state index in [1.54, 1.807) is 0 Å². The van der Waals surface area contributed by atoms with Crippen molar-refractivity contribution in [2.45, 2.75) is 78.8 Å². The van der Waals surface area contributed by atoms with Gasteiger partial charge in [0.15, 0.2) is 0 Å². The van der Waals surface area contributed by atoms with Crippen molar-refractivity contribution in [1.29, 1.82) is 0 Å². The molecule has 2 rings (SSSR count). The smallest absolute Gasteiger partial charge is 0.131 e. The van der Waals surface area contributed by atoms with Crippen LogP contribution in [0.15, 0.2) is 0 Å². The fourth-order valence-corrected chi connectivity index (χ4v) is 3.00. The fourth-order valence-electron chi connectivity index (χ4n) is 3.00. The molecule has 0 bridgehead atoms. The monoisotopic (exact) mass is 275 g/mol. The van der Waals surface area contributed by atoms with Crippen LogP contribution in [0.25, 0.3) is 0 Å². The molecule has 1 aliphatic carbocycles. The van der Waals surface area contributed by atoms with Crippen molar-refractivity contribution in [2.24, 2.45) is 5.92 Å². The zero-order valence-corrected chi connectivity index (χ0v) is 13.9. The maximum Gasteiger partial charge on any atom is 0.131 e. The molecule has 3 heteroatoms. The van der Waals surface area contributed by atoms with Crippen molar-refractivity contribution in [2.75, 3.05) is 0 Å². The zero-order valence-electron chi connectivity index (χ0n) is 13.9. The molecule has 1 fully saturated rings. The average molecular weight is 275 g/mol. The van der Waals surface area contributed by atoms with Gasteiger partial charge in [0.05, 0.1) is 0 Å². The number of nitrogens with zero attached hydrogens (tertiary/aromatic N) is 2. The van der Waals surface area contributed by atoms with E-state index in [2.05, 4.69) is 46.9 Å². The molecule has 3 nitrogen and oxygen atoms in total. The summed E-state index contributed by atoms with van der Waals surface area (Å²) in [5.74, 6) is 2.47. The van der Waals surface area contributed by atoms with Crippen LogP contribution < -0.4 is 5.32 Å². The number of nitrogens with one attached hydrogen (secondary N) is 1. The summed E-state index contributed by atoms with van der Waals surface area (Å²) in [5.41, 5.74) is 3.67. The van der Waals surface area contributed by atoms with Gasteiger partial charge in [-0.05, 0) is 59.8 Å². The number of hydrogen-bond donors (Lipinski definition) is 1. The third-order valence-corrected chi connectivity index (χ3v) is 4.29. The van der Waals surface area contributed by atoms with E-state index in [1.807, 2.05) is 0 Å². The van der Waals surface area contributed by atoms with Crippen LogP contribution in [0, 0.1) is 19.8 Å². The largest absolute Gasteiger partial charge is 0.308 e. The molecule has 0 aromatic carbocycles. The maximum atomic E-state index is 4.80. The highest BCUT2D eigenvalue weighted by Gasteiger charge is 2.26. The van der Waals surface area contributed by atoms with Crippen molar-refractivity contribution < 1.29 is 0 Å². The molecule has 0 saturated heterocycles. The molecular formula is C17H29N3. The highest BCUT2D eigenvalue weighted by atomic mass is 15.0. The topological polar surface area (TPSA) is 37.8 Å². The molecule has 0 spiro atoms. The van der Waals surface area contributed by atoms with Crippen molar-refractivity contribution >= 4 is 0 Å². The lowest BCUT2D eigenvalue weighted by Crippen LogP contribution is -2.35. The van der Waals surface area contributed by atoms with Gasteiger partial charge in [0.25, 0.3) is 0 Å². The van der Waals surface area contributed by atoms with Gasteiger partial charge in [-0.1, -0.05) is 6.92 Å². The van der Waals surface area contributed by atoms with E-state index in [0.717, 1.165) is 29.7 Å². The first-order chi connectivity index (χ1) is 9.26. The van der Waals surface area contributed by atoms with Crippen LogP contribution in [0.2, 0.25) is 0 Å². The van der Waals surface area contributed by atoms with Crippen LogP contribution in [-0.2, 0) is 6.54 Å². The highest BCUT2D eigenvalue weighted by Crippen LogP contribution is 2.36. The van der Waals surface area contributed by atoms with E-state index >= 15 is 0 Å². The Balaban J connectivity index is 2.16. The number of hydrogen-bond acceptors (Lipinski definition) is 3. The van der Waals surface area contributed by atoms with E-state index in [9.17, 15) is 0 Å². The minimum Gasteiger partial charge on any atom is -0.308 e. The summed E-state index contributed by atoms with van der Waals surface area (Å²) < 4.78 is 0. The van der Waals surface area contributed by atoms with Gasteiger partial charge < -0.3 is 5.32 Å². The molecule has 20 heavy (non-hydrogen) atoms. The van der Waals surface area contributed by atoms with Crippen LogP contribution >= 0.6 is 0 Å². The second kappa shape index (κ2) is 5.80. The summed E-state index contributed by atoms with van der Waals surface area (Å²) >= 11 is 0. The Morgan fingerprint density at radius 1 is 1.10 bits per heavy atom. The minimum absolute atomic E-state index is 0.123. The summed E-state index contributed by atoms with van der Waals surface area (Å²) in [6.07, 6.45) is 3.82. The second-order valence-electron chi connectivity index (χ2n) is 7.45. The summed E-state index contributed by atoms with van der Waals surface area (Å²) in [5, 5.41) is 3.54. The van der Waals surface area contributed by atoms with Crippen LogP contribution in [0.4, 0.5) is 0 Å². The van der Waals surface area contributed by atoms with E-state index in [1.165, 1.54) is 24.8 Å². The first-order valence-corrected chi connectivity index (χ1v) is 7.85. The van der Waals surface area contributed by atoms with Gasteiger partial charge in [0, 0.05) is 35.0 Å². The summed E-state index contributed by atoms with van der Waals surface area (Å²) in [6.45, 7) is 14.0. The van der Waals surface area contributed by atoms with E-state index in [0.29, 0.717) is 5.92 Å². The number of aromatic nitrogens is 2. The van der Waals surface area contributed by atoms with Gasteiger partial charge >= 0.3 is 0 Å². The van der Waals surface area contributed by atoms with Crippen molar-refractivity contribution in [3.63, 3.8) is 0 Å². The molecular weight excluding hydrogens is 246 g/mol. The van der Waals surface area contributed by atoms with Gasteiger partial charge in [-0.25, -0.2) is 9.97 Å². The van der Waals surface area contributed by atoms with Crippen LogP contribution in [-0.4, -0.2) is 15.5 Å². The maximum absolute atomic E-state index is 4.80. The normalized spacial score (nSPS) is 23.3. The Labute approximate surface area is 123 Å². The first-order valence-electron chi connectivity index (χ1n) is 7.85. The molecule has 112 valence electrons. The van der Waals surface area contributed by atoms with E-state index in [-0.39, 0.29) is 5.54 Å². The van der Waals surface area contributed by atoms with Gasteiger partial charge in [-0.2, -0.15) is 0 Å². The van der Waals surface area contributed by atoms with Crippen LogP contribution in [0.1, 0.15) is 75.7 Å². The minimum atomic E-state index is 0.123. The molecule has 0 amide bonds. The lowest BCUT2D eigenvalue weighted by atomic mass is 10.0. The number of aryl methyl sites for hydroxylation is 2. The first kappa shape index (κ1) is 15.4. The van der Waals surface area contributed by atoms with Gasteiger partial charge in [0.2, 0.25) is 0 Å². The van der Waals surface area contributed by atoms with Crippen molar-refractivity contribution in [1.82, 2.24) is 15.3 Å². The third kappa shape index (κ3) is 3.78. The summed E-state index contributed by atoms with van der Waals surface area (Å²) in [7, 11) is 0. The van der Waals surface area contributed by atoms with Gasteiger partial charge in [-0.3, -0.25) is 0 Å². The summed E-state index contributed by atoms with van der Waals surface area (Å²) in [4.78, 5) is 9.60. The number of rotatable bonds is 3. The Morgan fingerprint density at radius 2 is 1.70 bits per heavy atom. The molecule has 1 aromatic heterocycles. The van der Waals surface area contributed by atoms with Crippen molar-refractivity contribution in [3.8, 4) is 0 Å². The predicted octanol–water partition coefficient (Wildman–Crippen LogP) is 3.89. The van der Waals surface area contributed by atoms with E-state index in [4.69, 9.17) is 9.97 Å². The zero-order chi connectivity index (χ0) is 14.9. The van der Waals surface area contributed by atoms with Crippen LogP contribution in [0.5, 0.6) is 0 Å².